The first kappa shape index (κ1) is 10.7. The standard InChI is InChI=1S/C14H18N2O/c1-10-9-17-13-6-2-5-12(14(10)13)16-7-3-4-11(16)8-15/h2,5-6,9,11H,3-4,7-8,15H2,1H3. The molecule has 2 N–H and O–H groups in total. The Morgan fingerprint density at radius 3 is 3.18 bits per heavy atom. The fourth-order valence-corrected chi connectivity index (χ4v) is 2.86. The largest absolute Gasteiger partial charge is 0.464 e. The smallest absolute Gasteiger partial charge is 0.136 e. The Kier molecular flexibility index (Phi) is 2.56. The van der Waals surface area contributed by atoms with Crippen molar-refractivity contribution in [3.05, 3.63) is 30.0 Å². The van der Waals surface area contributed by atoms with E-state index >= 15 is 0 Å². The van der Waals surface area contributed by atoms with Gasteiger partial charge in [-0.3, -0.25) is 0 Å². The molecule has 17 heavy (non-hydrogen) atoms. The van der Waals surface area contributed by atoms with Crippen LogP contribution >= 0.6 is 0 Å². The molecule has 1 aliphatic heterocycles. The summed E-state index contributed by atoms with van der Waals surface area (Å²) in [5.74, 6) is 0. The van der Waals surface area contributed by atoms with Crippen molar-refractivity contribution in [2.24, 2.45) is 5.73 Å². The summed E-state index contributed by atoms with van der Waals surface area (Å²) in [5, 5.41) is 1.24. The van der Waals surface area contributed by atoms with Gasteiger partial charge in [0.05, 0.1) is 6.26 Å². The molecule has 3 rings (SSSR count). The highest BCUT2D eigenvalue weighted by Crippen LogP contribution is 2.34. The van der Waals surface area contributed by atoms with Gasteiger partial charge in [0, 0.05) is 30.2 Å². The van der Waals surface area contributed by atoms with Crippen molar-refractivity contribution in [3.63, 3.8) is 0 Å². The lowest BCUT2D eigenvalue weighted by atomic mass is 10.1. The Hall–Kier alpha value is -1.48. The molecule has 0 amide bonds. The average Bonchev–Trinajstić information content (AvgIpc) is 2.96. The fourth-order valence-electron chi connectivity index (χ4n) is 2.86. The van der Waals surface area contributed by atoms with Gasteiger partial charge in [-0.15, -0.1) is 0 Å². The molecule has 3 nitrogen and oxygen atoms in total. The number of hydrogen-bond donors (Lipinski definition) is 1. The van der Waals surface area contributed by atoms with Crippen molar-refractivity contribution < 1.29 is 4.42 Å². The van der Waals surface area contributed by atoms with Crippen molar-refractivity contribution in [3.8, 4) is 0 Å². The van der Waals surface area contributed by atoms with E-state index in [1.807, 2.05) is 12.3 Å². The van der Waals surface area contributed by atoms with E-state index in [0.717, 1.165) is 18.7 Å². The Balaban J connectivity index is 2.13. The normalized spacial score (nSPS) is 20.4. The molecule has 0 saturated carbocycles. The number of anilines is 1. The van der Waals surface area contributed by atoms with Gasteiger partial charge in [0.1, 0.15) is 5.58 Å². The van der Waals surface area contributed by atoms with E-state index in [1.54, 1.807) is 0 Å². The van der Waals surface area contributed by atoms with Crippen LogP contribution in [0.25, 0.3) is 11.0 Å². The van der Waals surface area contributed by atoms with Crippen LogP contribution in [0.15, 0.2) is 28.9 Å². The van der Waals surface area contributed by atoms with Crippen LogP contribution in [0.3, 0.4) is 0 Å². The Morgan fingerprint density at radius 1 is 1.47 bits per heavy atom. The summed E-state index contributed by atoms with van der Waals surface area (Å²) >= 11 is 0. The second kappa shape index (κ2) is 4.08. The summed E-state index contributed by atoms with van der Waals surface area (Å²) < 4.78 is 5.56. The number of fused-ring (bicyclic) bond motifs is 1. The molecule has 1 aromatic carbocycles. The second-order valence-corrected chi connectivity index (χ2v) is 4.79. The van der Waals surface area contributed by atoms with Gasteiger partial charge in [0.15, 0.2) is 0 Å². The maximum absolute atomic E-state index is 5.85. The third-order valence-corrected chi connectivity index (χ3v) is 3.72. The lowest BCUT2D eigenvalue weighted by Crippen LogP contribution is -2.35. The van der Waals surface area contributed by atoms with E-state index in [2.05, 4.69) is 24.0 Å². The fraction of sp³-hybridized carbons (Fsp3) is 0.429. The van der Waals surface area contributed by atoms with Crippen molar-refractivity contribution in [1.82, 2.24) is 0 Å². The zero-order valence-electron chi connectivity index (χ0n) is 10.1. The molecule has 2 aromatic rings. The van der Waals surface area contributed by atoms with Crippen molar-refractivity contribution >= 4 is 16.7 Å². The molecule has 2 heterocycles. The first-order valence-electron chi connectivity index (χ1n) is 6.25. The number of nitrogens with two attached hydrogens (primary N) is 1. The molecule has 1 saturated heterocycles. The molecule has 0 spiro atoms. The number of furan rings is 1. The molecular formula is C14H18N2O. The van der Waals surface area contributed by atoms with E-state index in [4.69, 9.17) is 10.2 Å². The maximum atomic E-state index is 5.85. The summed E-state index contributed by atoms with van der Waals surface area (Å²) in [6, 6.07) is 6.75. The highest BCUT2D eigenvalue weighted by Gasteiger charge is 2.25. The van der Waals surface area contributed by atoms with E-state index in [0.29, 0.717) is 6.04 Å². The molecule has 0 bridgehead atoms. The minimum atomic E-state index is 0.481. The lowest BCUT2D eigenvalue weighted by molar-refractivity contribution is 0.613. The Morgan fingerprint density at radius 2 is 2.35 bits per heavy atom. The maximum Gasteiger partial charge on any atom is 0.136 e. The van der Waals surface area contributed by atoms with E-state index < -0.39 is 0 Å². The van der Waals surface area contributed by atoms with Crippen molar-refractivity contribution in [2.45, 2.75) is 25.8 Å². The lowest BCUT2D eigenvalue weighted by Gasteiger charge is -2.26. The minimum Gasteiger partial charge on any atom is -0.464 e. The van der Waals surface area contributed by atoms with Crippen LogP contribution in [0.2, 0.25) is 0 Å². The number of hydrogen-bond acceptors (Lipinski definition) is 3. The molecule has 1 aromatic heterocycles. The summed E-state index contributed by atoms with van der Waals surface area (Å²) in [7, 11) is 0. The molecule has 0 radical (unpaired) electrons. The molecule has 90 valence electrons. The van der Waals surface area contributed by atoms with Gasteiger partial charge in [-0.1, -0.05) is 6.07 Å². The molecule has 1 fully saturated rings. The second-order valence-electron chi connectivity index (χ2n) is 4.79. The number of rotatable bonds is 2. The zero-order chi connectivity index (χ0) is 11.8. The predicted molar refractivity (Wildman–Crippen MR) is 70.4 cm³/mol. The van der Waals surface area contributed by atoms with E-state index in [1.165, 1.54) is 29.5 Å². The van der Waals surface area contributed by atoms with E-state index in [-0.39, 0.29) is 0 Å². The summed E-state index contributed by atoms with van der Waals surface area (Å²) in [4.78, 5) is 2.44. The zero-order valence-corrected chi connectivity index (χ0v) is 10.1. The third kappa shape index (κ3) is 1.62. The third-order valence-electron chi connectivity index (χ3n) is 3.72. The molecule has 1 unspecified atom stereocenters. The summed E-state index contributed by atoms with van der Waals surface area (Å²) in [6.07, 6.45) is 4.26. The quantitative estimate of drug-likeness (QED) is 0.862. The number of nitrogens with zero attached hydrogens (tertiary/aromatic N) is 1. The van der Waals surface area contributed by atoms with Gasteiger partial charge < -0.3 is 15.1 Å². The molecule has 0 aliphatic carbocycles. The number of benzene rings is 1. The van der Waals surface area contributed by atoms with Crippen LogP contribution in [0.5, 0.6) is 0 Å². The van der Waals surface area contributed by atoms with Gasteiger partial charge >= 0.3 is 0 Å². The topological polar surface area (TPSA) is 42.4 Å². The monoisotopic (exact) mass is 230 g/mol. The van der Waals surface area contributed by atoms with Gasteiger partial charge in [-0.05, 0) is 37.5 Å². The Labute approximate surface area is 101 Å². The highest BCUT2D eigenvalue weighted by atomic mass is 16.3. The predicted octanol–water partition coefficient (Wildman–Crippen LogP) is 2.67. The molecule has 3 heteroatoms. The van der Waals surface area contributed by atoms with Gasteiger partial charge in [0.25, 0.3) is 0 Å². The van der Waals surface area contributed by atoms with Crippen LogP contribution < -0.4 is 10.6 Å². The van der Waals surface area contributed by atoms with Crippen LogP contribution in [0.4, 0.5) is 5.69 Å². The van der Waals surface area contributed by atoms with E-state index in [9.17, 15) is 0 Å². The molecule has 1 atom stereocenters. The molecular weight excluding hydrogens is 212 g/mol. The minimum absolute atomic E-state index is 0.481. The first-order chi connectivity index (χ1) is 8.31. The average molecular weight is 230 g/mol. The van der Waals surface area contributed by atoms with Crippen LogP contribution in [-0.2, 0) is 0 Å². The van der Waals surface area contributed by atoms with Gasteiger partial charge in [0.2, 0.25) is 0 Å². The SMILES string of the molecule is Cc1coc2cccc(N3CCCC3CN)c12. The van der Waals surface area contributed by atoms with Crippen molar-refractivity contribution in [2.75, 3.05) is 18.0 Å². The van der Waals surface area contributed by atoms with Crippen LogP contribution in [0, 0.1) is 6.92 Å². The number of aryl methyl sites for hydroxylation is 1. The van der Waals surface area contributed by atoms with Crippen LogP contribution in [-0.4, -0.2) is 19.1 Å². The van der Waals surface area contributed by atoms with Crippen LogP contribution in [0.1, 0.15) is 18.4 Å². The van der Waals surface area contributed by atoms with Gasteiger partial charge in [-0.25, -0.2) is 0 Å². The molecule has 1 aliphatic rings. The Bertz CT molecular complexity index is 532. The van der Waals surface area contributed by atoms with Gasteiger partial charge in [-0.2, -0.15) is 0 Å². The van der Waals surface area contributed by atoms with Crippen molar-refractivity contribution in [1.29, 1.82) is 0 Å². The first-order valence-corrected chi connectivity index (χ1v) is 6.25. The summed E-state index contributed by atoms with van der Waals surface area (Å²) in [5.41, 5.74) is 9.31. The highest BCUT2D eigenvalue weighted by molar-refractivity contribution is 5.94. The summed E-state index contributed by atoms with van der Waals surface area (Å²) in [6.45, 7) is 3.93.